The number of unbranched alkanes of at least 4 members (excludes halogenated alkanes) is 1. The number of benzene rings is 2. The minimum absolute atomic E-state index is 0.269. The van der Waals surface area contributed by atoms with Crippen molar-refractivity contribution >= 4 is 5.97 Å². The molecule has 0 aliphatic heterocycles. The molecule has 0 aliphatic rings. The molecular formula is C22H28O3. The fraction of sp³-hybridized carbons (Fsp3) is 0.409. The van der Waals surface area contributed by atoms with Crippen LogP contribution in [0.5, 0.6) is 5.75 Å². The molecule has 2 aromatic rings. The number of hydrogen-bond donors (Lipinski definition) is 1. The molecule has 0 radical (unpaired) electrons. The molecule has 0 amide bonds. The van der Waals surface area contributed by atoms with Crippen LogP contribution in [-0.2, 0) is 13.0 Å². The van der Waals surface area contributed by atoms with E-state index in [0.29, 0.717) is 12.4 Å². The summed E-state index contributed by atoms with van der Waals surface area (Å²) in [4.78, 5) is 10.8. The van der Waals surface area contributed by atoms with Gasteiger partial charge in [-0.1, -0.05) is 63.8 Å². The molecule has 0 saturated carbocycles. The monoisotopic (exact) mass is 340 g/mol. The third kappa shape index (κ3) is 6.26. The molecule has 1 N–H and O–H groups in total. The topological polar surface area (TPSA) is 46.5 Å². The molecule has 1 unspecified atom stereocenters. The minimum Gasteiger partial charge on any atom is -0.489 e. The molecule has 0 saturated heterocycles. The third-order valence-electron chi connectivity index (χ3n) is 4.60. The highest BCUT2D eigenvalue weighted by atomic mass is 16.5. The van der Waals surface area contributed by atoms with E-state index in [0.717, 1.165) is 17.9 Å². The SMILES string of the molecule is CCCCC(CC)Cc1ccc(COc2ccc(C(=O)O)cc2)cc1. The molecule has 3 nitrogen and oxygen atoms in total. The first-order chi connectivity index (χ1) is 12.1. The van der Waals surface area contributed by atoms with E-state index in [1.54, 1.807) is 24.3 Å². The van der Waals surface area contributed by atoms with E-state index in [1.807, 2.05) is 0 Å². The van der Waals surface area contributed by atoms with Gasteiger partial charge in [0, 0.05) is 0 Å². The van der Waals surface area contributed by atoms with Gasteiger partial charge in [-0.05, 0) is 47.7 Å². The van der Waals surface area contributed by atoms with Crippen molar-refractivity contribution in [1.82, 2.24) is 0 Å². The molecule has 1 atom stereocenters. The number of aromatic carboxylic acids is 1. The van der Waals surface area contributed by atoms with Crippen molar-refractivity contribution in [1.29, 1.82) is 0 Å². The molecule has 0 aromatic heterocycles. The van der Waals surface area contributed by atoms with Gasteiger partial charge in [0.05, 0.1) is 5.56 Å². The molecule has 2 rings (SSSR count). The van der Waals surface area contributed by atoms with Crippen LogP contribution >= 0.6 is 0 Å². The number of carboxylic acids is 1. The Hall–Kier alpha value is -2.29. The summed E-state index contributed by atoms with van der Waals surface area (Å²) in [6.45, 7) is 5.01. The summed E-state index contributed by atoms with van der Waals surface area (Å²) in [7, 11) is 0. The zero-order chi connectivity index (χ0) is 18.1. The van der Waals surface area contributed by atoms with Crippen LogP contribution in [0.3, 0.4) is 0 Å². The average molecular weight is 340 g/mol. The highest BCUT2D eigenvalue weighted by Gasteiger charge is 2.07. The molecule has 0 heterocycles. The van der Waals surface area contributed by atoms with E-state index in [2.05, 4.69) is 38.1 Å². The number of ether oxygens (including phenoxy) is 1. The van der Waals surface area contributed by atoms with Crippen molar-refractivity contribution in [3.8, 4) is 5.75 Å². The summed E-state index contributed by atoms with van der Waals surface area (Å²) in [5.74, 6) is 0.529. The van der Waals surface area contributed by atoms with Crippen molar-refractivity contribution in [2.24, 2.45) is 5.92 Å². The molecule has 134 valence electrons. The fourth-order valence-corrected chi connectivity index (χ4v) is 2.91. The van der Waals surface area contributed by atoms with Crippen LogP contribution in [0.2, 0.25) is 0 Å². The van der Waals surface area contributed by atoms with Gasteiger partial charge in [-0.2, -0.15) is 0 Å². The van der Waals surface area contributed by atoms with Gasteiger partial charge in [-0.15, -0.1) is 0 Å². The summed E-state index contributed by atoms with van der Waals surface area (Å²) in [5.41, 5.74) is 2.77. The van der Waals surface area contributed by atoms with Crippen LogP contribution in [0.15, 0.2) is 48.5 Å². The van der Waals surface area contributed by atoms with Crippen LogP contribution in [0.25, 0.3) is 0 Å². The van der Waals surface area contributed by atoms with E-state index in [-0.39, 0.29) is 5.56 Å². The smallest absolute Gasteiger partial charge is 0.335 e. The molecule has 0 fully saturated rings. The second-order valence-electron chi connectivity index (χ2n) is 6.56. The summed E-state index contributed by atoms with van der Waals surface area (Å²) >= 11 is 0. The van der Waals surface area contributed by atoms with Gasteiger partial charge >= 0.3 is 5.97 Å². The van der Waals surface area contributed by atoms with Gasteiger partial charge in [-0.3, -0.25) is 0 Å². The maximum Gasteiger partial charge on any atom is 0.335 e. The molecular weight excluding hydrogens is 312 g/mol. The number of rotatable bonds is 10. The Labute approximate surface area is 150 Å². The van der Waals surface area contributed by atoms with Gasteiger partial charge < -0.3 is 9.84 Å². The average Bonchev–Trinajstić information content (AvgIpc) is 2.64. The Balaban J connectivity index is 1.86. The van der Waals surface area contributed by atoms with Crippen molar-refractivity contribution in [2.75, 3.05) is 0 Å². The predicted octanol–water partition coefficient (Wildman–Crippen LogP) is 5.72. The van der Waals surface area contributed by atoms with Crippen LogP contribution in [-0.4, -0.2) is 11.1 Å². The zero-order valence-corrected chi connectivity index (χ0v) is 15.2. The Morgan fingerprint density at radius 1 is 1.00 bits per heavy atom. The van der Waals surface area contributed by atoms with E-state index >= 15 is 0 Å². The second kappa shape index (κ2) is 9.87. The Morgan fingerprint density at radius 3 is 2.20 bits per heavy atom. The highest BCUT2D eigenvalue weighted by Crippen LogP contribution is 2.20. The fourth-order valence-electron chi connectivity index (χ4n) is 2.91. The lowest BCUT2D eigenvalue weighted by atomic mass is 9.92. The summed E-state index contributed by atoms with van der Waals surface area (Å²) in [5, 5.41) is 8.90. The molecule has 3 heteroatoms. The predicted molar refractivity (Wildman–Crippen MR) is 101 cm³/mol. The molecule has 0 aliphatic carbocycles. The van der Waals surface area contributed by atoms with Crippen LogP contribution in [0.1, 0.15) is 61.0 Å². The van der Waals surface area contributed by atoms with Crippen molar-refractivity contribution in [2.45, 2.75) is 52.6 Å². The normalized spacial score (nSPS) is 11.9. The Kier molecular flexibility index (Phi) is 7.52. The van der Waals surface area contributed by atoms with Gasteiger partial charge in [-0.25, -0.2) is 4.79 Å². The number of hydrogen-bond acceptors (Lipinski definition) is 2. The Bertz CT molecular complexity index is 644. The number of carbonyl (C=O) groups is 1. The van der Waals surface area contributed by atoms with Gasteiger partial charge in [0.2, 0.25) is 0 Å². The lowest BCUT2D eigenvalue weighted by Crippen LogP contribution is -2.04. The van der Waals surface area contributed by atoms with Crippen LogP contribution in [0.4, 0.5) is 0 Å². The lowest BCUT2D eigenvalue weighted by Gasteiger charge is -2.14. The van der Waals surface area contributed by atoms with Crippen LogP contribution < -0.4 is 4.74 Å². The van der Waals surface area contributed by atoms with Crippen molar-refractivity contribution < 1.29 is 14.6 Å². The van der Waals surface area contributed by atoms with Crippen molar-refractivity contribution in [3.63, 3.8) is 0 Å². The quantitative estimate of drug-likeness (QED) is 0.601. The van der Waals surface area contributed by atoms with Crippen LogP contribution in [0, 0.1) is 5.92 Å². The highest BCUT2D eigenvalue weighted by molar-refractivity contribution is 5.87. The maximum absolute atomic E-state index is 10.8. The van der Waals surface area contributed by atoms with Gasteiger partial charge in [0.1, 0.15) is 12.4 Å². The first-order valence-corrected chi connectivity index (χ1v) is 9.16. The van der Waals surface area contributed by atoms with Gasteiger partial charge in [0.25, 0.3) is 0 Å². The zero-order valence-electron chi connectivity index (χ0n) is 15.2. The third-order valence-corrected chi connectivity index (χ3v) is 4.60. The van der Waals surface area contributed by atoms with Crippen molar-refractivity contribution in [3.05, 3.63) is 65.2 Å². The van der Waals surface area contributed by atoms with E-state index in [4.69, 9.17) is 9.84 Å². The summed E-state index contributed by atoms with van der Waals surface area (Å²) in [6.07, 6.45) is 6.26. The molecule has 0 bridgehead atoms. The van der Waals surface area contributed by atoms with Gasteiger partial charge in [0.15, 0.2) is 0 Å². The number of carboxylic acid groups (broad SMARTS) is 1. The summed E-state index contributed by atoms with van der Waals surface area (Å²) in [6, 6.07) is 15.1. The molecule has 2 aromatic carbocycles. The first-order valence-electron chi connectivity index (χ1n) is 9.16. The van der Waals surface area contributed by atoms with E-state index < -0.39 is 5.97 Å². The largest absolute Gasteiger partial charge is 0.489 e. The summed E-state index contributed by atoms with van der Waals surface area (Å²) < 4.78 is 5.73. The lowest BCUT2D eigenvalue weighted by molar-refractivity contribution is 0.0697. The van der Waals surface area contributed by atoms with E-state index in [1.165, 1.54) is 31.2 Å². The molecule has 0 spiro atoms. The van der Waals surface area contributed by atoms with E-state index in [9.17, 15) is 4.79 Å². The first kappa shape index (κ1) is 19.0. The minimum atomic E-state index is -0.925. The molecule has 25 heavy (non-hydrogen) atoms. The second-order valence-corrected chi connectivity index (χ2v) is 6.56. The standard InChI is InChI=1S/C22H28O3/c1-3-5-6-17(4-2)15-18-7-9-19(10-8-18)16-25-21-13-11-20(12-14-21)22(23)24/h7-14,17H,3-6,15-16H2,1-2H3,(H,23,24). The maximum atomic E-state index is 10.8. The Morgan fingerprint density at radius 2 is 1.64 bits per heavy atom.